The molecule has 0 saturated carbocycles. The third-order valence-electron chi connectivity index (χ3n) is 3.80. The van der Waals surface area contributed by atoms with Crippen LogP contribution >= 0.6 is 11.3 Å². The van der Waals surface area contributed by atoms with E-state index in [1.54, 1.807) is 12.1 Å². The van der Waals surface area contributed by atoms with Gasteiger partial charge in [0.25, 0.3) is 5.91 Å². The minimum Gasteiger partial charge on any atom is -0.348 e. The molecule has 0 aliphatic heterocycles. The number of carbonyl (C=O) groups is 1. The smallest absolute Gasteiger partial charge is 0.261 e. The summed E-state index contributed by atoms with van der Waals surface area (Å²) in [5.74, 6) is -0.311. The Morgan fingerprint density at radius 1 is 0.917 bits per heavy atom. The van der Waals surface area contributed by atoms with Crippen molar-refractivity contribution in [2.75, 3.05) is 0 Å². The van der Waals surface area contributed by atoms with Crippen molar-refractivity contribution >= 4 is 17.2 Å². The number of hydrogen-bond acceptors (Lipinski definition) is 2. The Hall–Kier alpha value is -2.46. The van der Waals surface area contributed by atoms with Gasteiger partial charge in [-0.2, -0.15) is 0 Å². The van der Waals surface area contributed by atoms with Crippen LogP contribution in [0.5, 0.6) is 0 Å². The fourth-order valence-corrected chi connectivity index (χ4v) is 3.27. The van der Waals surface area contributed by atoms with Crippen molar-refractivity contribution in [1.29, 1.82) is 0 Å². The van der Waals surface area contributed by atoms with Crippen LogP contribution in [0.25, 0.3) is 0 Å². The fraction of sp³-hybridized carbons (Fsp3) is 0.150. The van der Waals surface area contributed by atoms with Gasteiger partial charge < -0.3 is 5.32 Å². The summed E-state index contributed by atoms with van der Waals surface area (Å²) >= 11 is 1.43. The van der Waals surface area contributed by atoms with E-state index in [0.717, 1.165) is 17.5 Å². The Bertz CT molecular complexity index is 769. The molecule has 2 nitrogen and oxygen atoms in total. The molecule has 0 aliphatic carbocycles. The number of nitrogens with one attached hydrogen (secondary N) is 1. The molecule has 1 amide bonds. The maximum absolute atomic E-state index is 13.1. The quantitative estimate of drug-likeness (QED) is 0.705. The van der Waals surface area contributed by atoms with Gasteiger partial charge in [-0.05, 0) is 47.5 Å². The number of benzene rings is 2. The van der Waals surface area contributed by atoms with Gasteiger partial charge in [0.05, 0.1) is 4.88 Å². The molecule has 1 atom stereocenters. The highest BCUT2D eigenvalue weighted by molar-refractivity contribution is 7.12. The highest BCUT2D eigenvalue weighted by Gasteiger charge is 2.16. The molecule has 0 saturated heterocycles. The SMILES string of the molecule is O=C(N[C@H](Cc1ccccc1)Cc1ccc(F)cc1)c1cccs1. The van der Waals surface area contributed by atoms with Crippen molar-refractivity contribution in [3.63, 3.8) is 0 Å². The van der Waals surface area contributed by atoms with E-state index in [2.05, 4.69) is 17.4 Å². The number of hydrogen-bond donors (Lipinski definition) is 1. The van der Waals surface area contributed by atoms with Crippen LogP contribution in [0.15, 0.2) is 72.1 Å². The van der Waals surface area contributed by atoms with Gasteiger partial charge in [0, 0.05) is 6.04 Å². The molecule has 2 aromatic carbocycles. The van der Waals surface area contributed by atoms with Crippen molar-refractivity contribution in [3.05, 3.63) is 93.9 Å². The number of carbonyl (C=O) groups excluding carboxylic acids is 1. The van der Waals surface area contributed by atoms with E-state index < -0.39 is 0 Å². The van der Waals surface area contributed by atoms with Gasteiger partial charge in [0.15, 0.2) is 0 Å². The fourth-order valence-electron chi connectivity index (χ4n) is 2.64. The van der Waals surface area contributed by atoms with E-state index in [-0.39, 0.29) is 17.8 Å². The van der Waals surface area contributed by atoms with Crippen LogP contribution in [0.4, 0.5) is 4.39 Å². The van der Waals surface area contributed by atoms with E-state index in [1.165, 1.54) is 23.5 Å². The first-order chi connectivity index (χ1) is 11.7. The first-order valence-corrected chi connectivity index (χ1v) is 8.71. The lowest BCUT2D eigenvalue weighted by atomic mass is 9.99. The van der Waals surface area contributed by atoms with Crippen molar-refractivity contribution in [1.82, 2.24) is 5.32 Å². The third-order valence-corrected chi connectivity index (χ3v) is 4.67. The largest absolute Gasteiger partial charge is 0.348 e. The molecule has 3 rings (SSSR count). The summed E-state index contributed by atoms with van der Waals surface area (Å²) in [4.78, 5) is 13.1. The third kappa shape index (κ3) is 4.52. The second kappa shape index (κ2) is 7.88. The highest BCUT2D eigenvalue weighted by atomic mass is 32.1. The second-order valence-corrected chi connectivity index (χ2v) is 6.62. The number of thiophene rings is 1. The Balaban J connectivity index is 1.74. The molecular weight excluding hydrogens is 321 g/mol. The average molecular weight is 339 g/mol. The van der Waals surface area contributed by atoms with E-state index >= 15 is 0 Å². The van der Waals surface area contributed by atoms with Gasteiger partial charge in [-0.15, -0.1) is 11.3 Å². The molecule has 0 unspecified atom stereocenters. The predicted molar refractivity (Wildman–Crippen MR) is 95.8 cm³/mol. The average Bonchev–Trinajstić information content (AvgIpc) is 3.12. The van der Waals surface area contributed by atoms with E-state index in [1.807, 2.05) is 35.7 Å². The topological polar surface area (TPSA) is 29.1 Å². The maximum atomic E-state index is 13.1. The molecule has 1 aromatic heterocycles. The summed E-state index contributed by atoms with van der Waals surface area (Å²) in [6, 6.07) is 20.1. The molecule has 122 valence electrons. The van der Waals surface area contributed by atoms with Gasteiger partial charge in [-0.25, -0.2) is 4.39 Å². The Morgan fingerprint density at radius 3 is 2.21 bits per heavy atom. The van der Waals surface area contributed by atoms with Crippen molar-refractivity contribution < 1.29 is 9.18 Å². The molecule has 3 aromatic rings. The van der Waals surface area contributed by atoms with Gasteiger partial charge in [0.1, 0.15) is 5.82 Å². The molecule has 0 fully saturated rings. The van der Waals surface area contributed by atoms with Gasteiger partial charge in [-0.1, -0.05) is 48.5 Å². The Kier molecular flexibility index (Phi) is 5.39. The molecule has 0 bridgehead atoms. The molecule has 4 heteroatoms. The van der Waals surface area contributed by atoms with Crippen molar-refractivity contribution in [2.45, 2.75) is 18.9 Å². The molecule has 1 N–H and O–H groups in total. The van der Waals surface area contributed by atoms with Crippen LogP contribution < -0.4 is 5.32 Å². The summed E-state index contributed by atoms with van der Waals surface area (Å²) in [6.45, 7) is 0. The van der Waals surface area contributed by atoms with Crippen molar-refractivity contribution in [2.24, 2.45) is 0 Å². The Labute approximate surface area is 145 Å². The lowest BCUT2D eigenvalue weighted by molar-refractivity contribution is 0.0941. The number of amides is 1. The summed E-state index contributed by atoms with van der Waals surface area (Å²) in [5.41, 5.74) is 2.17. The molecule has 0 radical (unpaired) electrons. The van der Waals surface area contributed by atoms with Crippen LogP contribution in [-0.4, -0.2) is 11.9 Å². The Morgan fingerprint density at radius 2 is 1.58 bits per heavy atom. The normalized spacial score (nSPS) is 11.9. The van der Waals surface area contributed by atoms with E-state index in [0.29, 0.717) is 11.3 Å². The van der Waals surface area contributed by atoms with Crippen LogP contribution in [0, 0.1) is 5.82 Å². The molecule has 0 aliphatic rings. The lowest BCUT2D eigenvalue weighted by Gasteiger charge is -2.19. The van der Waals surface area contributed by atoms with Gasteiger partial charge in [-0.3, -0.25) is 4.79 Å². The highest BCUT2D eigenvalue weighted by Crippen LogP contribution is 2.13. The summed E-state index contributed by atoms with van der Waals surface area (Å²) in [6.07, 6.45) is 1.39. The van der Waals surface area contributed by atoms with Crippen LogP contribution in [-0.2, 0) is 12.8 Å². The first kappa shape index (κ1) is 16.4. The molecule has 1 heterocycles. The van der Waals surface area contributed by atoms with Crippen molar-refractivity contribution in [3.8, 4) is 0 Å². The zero-order valence-corrected chi connectivity index (χ0v) is 13.9. The number of rotatable bonds is 6. The monoisotopic (exact) mass is 339 g/mol. The predicted octanol–water partition coefficient (Wildman–Crippen LogP) is 4.47. The summed E-state index contributed by atoms with van der Waals surface area (Å²) < 4.78 is 13.1. The van der Waals surface area contributed by atoms with Crippen LogP contribution in [0.3, 0.4) is 0 Å². The summed E-state index contributed by atoms with van der Waals surface area (Å²) in [5, 5.41) is 5.00. The van der Waals surface area contributed by atoms with Crippen LogP contribution in [0.1, 0.15) is 20.8 Å². The summed E-state index contributed by atoms with van der Waals surface area (Å²) in [7, 11) is 0. The van der Waals surface area contributed by atoms with Gasteiger partial charge >= 0.3 is 0 Å². The molecule has 0 spiro atoms. The van der Waals surface area contributed by atoms with E-state index in [9.17, 15) is 9.18 Å². The zero-order valence-electron chi connectivity index (χ0n) is 13.1. The molecule has 24 heavy (non-hydrogen) atoms. The zero-order chi connectivity index (χ0) is 16.8. The second-order valence-electron chi connectivity index (χ2n) is 5.67. The maximum Gasteiger partial charge on any atom is 0.261 e. The van der Waals surface area contributed by atoms with Crippen LogP contribution in [0.2, 0.25) is 0 Å². The number of halogens is 1. The van der Waals surface area contributed by atoms with E-state index in [4.69, 9.17) is 0 Å². The van der Waals surface area contributed by atoms with Gasteiger partial charge in [0.2, 0.25) is 0 Å². The standard InChI is InChI=1S/C20H18FNOS/c21-17-10-8-16(9-11-17)14-18(13-15-5-2-1-3-6-15)22-20(23)19-7-4-12-24-19/h1-12,18H,13-14H2,(H,22,23)/t18-/m1/s1. The first-order valence-electron chi connectivity index (χ1n) is 7.83. The minimum atomic E-state index is -0.249. The minimum absolute atomic E-state index is 0.0486. The lowest BCUT2D eigenvalue weighted by Crippen LogP contribution is -2.37. The molecular formula is C20H18FNOS.